The van der Waals surface area contributed by atoms with E-state index in [0.29, 0.717) is 12.3 Å². The van der Waals surface area contributed by atoms with Crippen LogP contribution in [0.4, 0.5) is 0 Å². The maximum absolute atomic E-state index is 10.1. The summed E-state index contributed by atoms with van der Waals surface area (Å²) in [6, 6.07) is 11.8. The zero-order chi connectivity index (χ0) is 13.8. The van der Waals surface area contributed by atoms with Crippen LogP contribution >= 0.6 is 0 Å². The van der Waals surface area contributed by atoms with Crippen molar-refractivity contribution in [3.8, 4) is 5.75 Å². The third-order valence-corrected chi connectivity index (χ3v) is 3.37. The summed E-state index contributed by atoms with van der Waals surface area (Å²) in [4.78, 5) is 2.12. The first kappa shape index (κ1) is 13.8. The SMILES string of the molecule is CC(O)CCN(C)Cc1c(O)ccc2ccccc12. The first-order valence-corrected chi connectivity index (χ1v) is 6.64. The maximum Gasteiger partial charge on any atom is 0.120 e. The number of hydrogen-bond acceptors (Lipinski definition) is 3. The molecular formula is C16H21NO2. The quantitative estimate of drug-likeness (QED) is 0.867. The molecule has 0 aromatic heterocycles. The Kier molecular flexibility index (Phi) is 4.40. The largest absolute Gasteiger partial charge is 0.508 e. The van der Waals surface area contributed by atoms with Gasteiger partial charge in [-0.2, -0.15) is 0 Å². The van der Waals surface area contributed by atoms with Gasteiger partial charge in [0.15, 0.2) is 0 Å². The molecule has 0 amide bonds. The Morgan fingerprint density at radius 2 is 1.89 bits per heavy atom. The molecule has 102 valence electrons. The Morgan fingerprint density at radius 1 is 1.16 bits per heavy atom. The lowest BCUT2D eigenvalue weighted by Gasteiger charge is -2.19. The molecule has 2 N–H and O–H groups in total. The summed E-state index contributed by atoms with van der Waals surface area (Å²) in [5.74, 6) is 0.336. The average molecular weight is 259 g/mol. The van der Waals surface area contributed by atoms with Gasteiger partial charge in [-0.1, -0.05) is 30.3 Å². The van der Waals surface area contributed by atoms with E-state index in [1.165, 1.54) is 0 Å². The first-order valence-electron chi connectivity index (χ1n) is 6.64. The number of hydrogen-bond donors (Lipinski definition) is 2. The highest BCUT2D eigenvalue weighted by Gasteiger charge is 2.10. The maximum atomic E-state index is 10.1. The fraction of sp³-hybridized carbons (Fsp3) is 0.375. The van der Waals surface area contributed by atoms with Crippen molar-refractivity contribution in [2.24, 2.45) is 0 Å². The van der Waals surface area contributed by atoms with Gasteiger partial charge < -0.3 is 15.1 Å². The van der Waals surface area contributed by atoms with Crippen molar-refractivity contribution in [2.75, 3.05) is 13.6 Å². The minimum atomic E-state index is -0.288. The van der Waals surface area contributed by atoms with Crippen molar-refractivity contribution in [1.29, 1.82) is 0 Å². The molecule has 1 unspecified atom stereocenters. The van der Waals surface area contributed by atoms with Gasteiger partial charge >= 0.3 is 0 Å². The Labute approximate surface area is 114 Å². The number of aliphatic hydroxyl groups is 1. The molecular weight excluding hydrogens is 238 g/mol. The van der Waals surface area contributed by atoms with E-state index >= 15 is 0 Å². The molecule has 19 heavy (non-hydrogen) atoms. The molecule has 1 atom stereocenters. The summed E-state index contributed by atoms with van der Waals surface area (Å²) in [6.07, 6.45) is 0.450. The lowest BCUT2D eigenvalue weighted by Crippen LogP contribution is -2.22. The van der Waals surface area contributed by atoms with Gasteiger partial charge in [0.05, 0.1) is 6.10 Å². The molecule has 3 nitrogen and oxygen atoms in total. The van der Waals surface area contributed by atoms with Crippen LogP contribution in [0.3, 0.4) is 0 Å². The Hall–Kier alpha value is -1.58. The van der Waals surface area contributed by atoms with Gasteiger partial charge in [0.2, 0.25) is 0 Å². The first-order chi connectivity index (χ1) is 9.08. The second kappa shape index (κ2) is 6.04. The molecule has 0 heterocycles. The van der Waals surface area contributed by atoms with Crippen LogP contribution in [0.5, 0.6) is 5.75 Å². The summed E-state index contributed by atoms with van der Waals surface area (Å²) >= 11 is 0. The smallest absolute Gasteiger partial charge is 0.120 e. The van der Waals surface area contributed by atoms with E-state index in [0.717, 1.165) is 29.3 Å². The average Bonchev–Trinajstić information content (AvgIpc) is 2.40. The lowest BCUT2D eigenvalue weighted by atomic mass is 10.0. The van der Waals surface area contributed by atoms with Gasteiger partial charge in [0.1, 0.15) is 5.75 Å². The number of phenolic OH excluding ortho intramolecular Hbond substituents is 1. The molecule has 0 spiro atoms. The van der Waals surface area contributed by atoms with Gasteiger partial charge in [-0.15, -0.1) is 0 Å². The van der Waals surface area contributed by atoms with Gasteiger partial charge in [-0.25, -0.2) is 0 Å². The summed E-state index contributed by atoms with van der Waals surface area (Å²) < 4.78 is 0. The number of phenols is 1. The van der Waals surface area contributed by atoms with E-state index in [2.05, 4.69) is 4.90 Å². The van der Waals surface area contributed by atoms with E-state index in [4.69, 9.17) is 0 Å². The monoisotopic (exact) mass is 259 g/mol. The molecule has 0 fully saturated rings. The van der Waals surface area contributed by atoms with Crippen molar-refractivity contribution < 1.29 is 10.2 Å². The molecule has 0 saturated carbocycles. The molecule has 0 aliphatic heterocycles. The van der Waals surface area contributed by atoms with Crippen LogP contribution in [0.2, 0.25) is 0 Å². The van der Waals surface area contributed by atoms with Gasteiger partial charge in [-0.05, 0) is 37.2 Å². The van der Waals surface area contributed by atoms with E-state index in [-0.39, 0.29) is 6.10 Å². The lowest BCUT2D eigenvalue weighted by molar-refractivity contribution is 0.163. The van der Waals surface area contributed by atoms with Gasteiger partial charge in [0, 0.05) is 18.7 Å². The van der Waals surface area contributed by atoms with Crippen LogP contribution in [0.25, 0.3) is 10.8 Å². The minimum Gasteiger partial charge on any atom is -0.508 e. The topological polar surface area (TPSA) is 43.7 Å². The zero-order valence-electron chi connectivity index (χ0n) is 11.5. The number of rotatable bonds is 5. The van der Waals surface area contributed by atoms with E-state index < -0.39 is 0 Å². The summed E-state index contributed by atoms with van der Waals surface area (Å²) in [6.45, 7) is 3.28. The normalized spacial score (nSPS) is 13.1. The summed E-state index contributed by atoms with van der Waals surface area (Å²) in [7, 11) is 2.00. The molecule has 0 radical (unpaired) electrons. The highest BCUT2D eigenvalue weighted by Crippen LogP contribution is 2.28. The van der Waals surface area contributed by atoms with Crippen LogP contribution in [0.1, 0.15) is 18.9 Å². The highest BCUT2D eigenvalue weighted by molar-refractivity contribution is 5.87. The third-order valence-electron chi connectivity index (χ3n) is 3.37. The van der Waals surface area contributed by atoms with Crippen LogP contribution < -0.4 is 0 Å². The fourth-order valence-electron chi connectivity index (χ4n) is 2.25. The molecule has 3 heteroatoms. The van der Waals surface area contributed by atoms with Gasteiger partial charge in [-0.3, -0.25) is 0 Å². The van der Waals surface area contributed by atoms with Crippen LogP contribution in [-0.2, 0) is 6.54 Å². The second-order valence-corrected chi connectivity index (χ2v) is 5.16. The predicted octanol–water partition coefficient (Wildman–Crippen LogP) is 2.75. The molecule has 2 rings (SSSR count). The molecule has 0 aliphatic carbocycles. The standard InChI is InChI=1S/C16H21NO2/c1-12(18)9-10-17(2)11-15-14-6-4-3-5-13(14)7-8-16(15)19/h3-8,12,18-19H,9-11H2,1-2H3. The van der Waals surface area contributed by atoms with E-state index in [9.17, 15) is 10.2 Å². The van der Waals surface area contributed by atoms with E-state index in [1.807, 2.05) is 37.4 Å². The Morgan fingerprint density at radius 3 is 2.63 bits per heavy atom. The Balaban J connectivity index is 2.21. The van der Waals surface area contributed by atoms with Gasteiger partial charge in [0.25, 0.3) is 0 Å². The van der Waals surface area contributed by atoms with Crippen LogP contribution in [0, 0.1) is 0 Å². The van der Waals surface area contributed by atoms with Crippen molar-refractivity contribution in [2.45, 2.75) is 26.0 Å². The molecule has 0 bridgehead atoms. The molecule has 2 aromatic carbocycles. The van der Waals surface area contributed by atoms with E-state index in [1.54, 1.807) is 13.0 Å². The zero-order valence-corrected chi connectivity index (χ0v) is 11.5. The van der Waals surface area contributed by atoms with Crippen molar-refractivity contribution in [1.82, 2.24) is 4.90 Å². The predicted molar refractivity (Wildman–Crippen MR) is 78.2 cm³/mol. The summed E-state index contributed by atoms with van der Waals surface area (Å²) in [5.41, 5.74) is 0.950. The molecule has 0 aliphatic rings. The van der Waals surface area contributed by atoms with Crippen molar-refractivity contribution in [3.05, 3.63) is 42.0 Å². The van der Waals surface area contributed by atoms with Crippen molar-refractivity contribution in [3.63, 3.8) is 0 Å². The highest BCUT2D eigenvalue weighted by atomic mass is 16.3. The van der Waals surface area contributed by atoms with Crippen molar-refractivity contribution >= 4 is 10.8 Å². The number of fused-ring (bicyclic) bond motifs is 1. The number of aromatic hydroxyl groups is 1. The minimum absolute atomic E-state index is 0.288. The number of nitrogens with zero attached hydrogens (tertiary/aromatic N) is 1. The third kappa shape index (κ3) is 3.46. The van der Waals surface area contributed by atoms with Crippen LogP contribution in [-0.4, -0.2) is 34.8 Å². The number of benzene rings is 2. The Bertz CT molecular complexity index is 551. The van der Waals surface area contributed by atoms with Crippen LogP contribution in [0.15, 0.2) is 36.4 Å². The molecule has 0 saturated heterocycles. The molecule has 2 aromatic rings. The second-order valence-electron chi connectivity index (χ2n) is 5.16. The fourth-order valence-corrected chi connectivity index (χ4v) is 2.25. The summed E-state index contributed by atoms with van der Waals surface area (Å²) in [5, 5.41) is 21.6. The number of aliphatic hydroxyl groups excluding tert-OH is 1.